The topological polar surface area (TPSA) is 59.0 Å². The zero-order chi connectivity index (χ0) is 22.8. The number of benzene rings is 2. The Labute approximate surface area is 176 Å². The molecule has 2 aromatic carbocycles. The fraction of sp³-hybridized carbons (Fsp3) is 0.318. The number of fused-ring (bicyclic) bond motifs is 1. The number of anilines is 1. The van der Waals surface area contributed by atoms with Crippen molar-refractivity contribution >= 4 is 11.7 Å². The number of nitrogens with zero attached hydrogens (tertiary/aromatic N) is 1. The number of carboxylic acid groups (broad SMARTS) is 1. The van der Waals surface area contributed by atoms with Crippen molar-refractivity contribution in [3.63, 3.8) is 0 Å². The van der Waals surface area contributed by atoms with Crippen molar-refractivity contribution in [2.45, 2.75) is 25.6 Å². The van der Waals surface area contributed by atoms with Gasteiger partial charge < -0.3 is 19.5 Å². The van der Waals surface area contributed by atoms with E-state index < -0.39 is 29.4 Å². The zero-order valence-corrected chi connectivity index (χ0v) is 16.9. The number of alkyl halides is 3. The largest absolute Gasteiger partial charge is 0.478 e. The molecule has 3 rings (SSSR count). The van der Waals surface area contributed by atoms with Crippen molar-refractivity contribution in [2.75, 3.05) is 25.2 Å². The van der Waals surface area contributed by atoms with Gasteiger partial charge in [0.05, 0.1) is 18.7 Å². The molecule has 166 valence electrons. The Bertz CT molecular complexity index is 1000. The fourth-order valence-corrected chi connectivity index (χ4v) is 3.54. The first-order valence-corrected chi connectivity index (χ1v) is 9.45. The Morgan fingerprint density at radius 1 is 1.16 bits per heavy atom. The third kappa shape index (κ3) is 4.82. The van der Waals surface area contributed by atoms with Crippen LogP contribution in [0.4, 0.5) is 23.2 Å². The van der Waals surface area contributed by atoms with Gasteiger partial charge in [0, 0.05) is 18.7 Å². The quantitative estimate of drug-likeness (QED) is 0.490. The van der Waals surface area contributed by atoms with Gasteiger partial charge in [0.15, 0.2) is 0 Å². The number of rotatable bonds is 7. The van der Waals surface area contributed by atoms with Crippen molar-refractivity contribution in [3.05, 3.63) is 76.4 Å². The fourth-order valence-electron chi connectivity index (χ4n) is 3.54. The average molecular weight is 439 g/mol. The van der Waals surface area contributed by atoms with E-state index in [-0.39, 0.29) is 36.9 Å². The maximum Gasteiger partial charge on any atom is 0.416 e. The third-order valence-electron chi connectivity index (χ3n) is 5.01. The van der Waals surface area contributed by atoms with Crippen molar-refractivity contribution < 1.29 is 36.9 Å². The highest BCUT2D eigenvalue weighted by atomic mass is 19.4. The molecule has 1 heterocycles. The first-order chi connectivity index (χ1) is 14.6. The summed E-state index contributed by atoms with van der Waals surface area (Å²) in [5.41, 5.74) is 0.0258. The van der Waals surface area contributed by atoms with Crippen LogP contribution in [0.15, 0.2) is 53.9 Å². The second-order valence-corrected chi connectivity index (χ2v) is 7.07. The highest BCUT2D eigenvalue weighted by molar-refractivity contribution is 5.92. The van der Waals surface area contributed by atoms with Crippen molar-refractivity contribution in [1.82, 2.24) is 0 Å². The minimum absolute atomic E-state index is 0.0106. The van der Waals surface area contributed by atoms with Gasteiger partial charge in [-0.1, -0.05) is 25.1 Å². The Balaban J connectivity index is 2.18. The van der Waals surface area contributed by atoms with E-state index in [0.717, 1.165) is 12.1 Å². The SMILES string of the molecule is COCCOC1=C(C(=O)O)C(C)c2ccc(C(F)(F)F)cc2N1Cc1cccc(F)c1. The zero-order valence-electron chi connectivity index (χ0n) is 16.9. The van der Waals surface area contributed by atoms with E-state index >= 15 is 0 Å². The molecule has 2 aromatic rings. The summed E-state index contributed by atoms with van der Waals surface area (Å²) in [5, 5.41) is 9.84. The molecule has 1 unspecified atom stereocenters. The van der Waals surface area contributed by atoms with Gasteiger partial charge in [-0.3, -0.25) is 0 Å². The lowest BCUT2D eigenvalue weighted by molar-refractivity contribution is -0.137. The minimum atomic E-state index is -4.59. The maximum atomic E-state index is 13.7. The van der Waals surface area contributed by atoms with E-state index in [1.807, 2.05) is 0 Å². The van der Waals surface area contributed by atoms with Crippen molar-refractivity contribution in [2.24, 2.45) is 0 Å². The molecular formula is C22H21F4NO4. The summed E-state index contributed by atoms with van der Waals surface area (Å²) in [4.78, 5) is 13.4. The molecule has 0 aromatic heterocycles. The van der Waals surface area contributed by atoms with Crippen LogP contribution in [-0.2, 0) is 27.0 Å². The summed E-state index contributed by atoms with van der Waals surface area (Å²) in [6.45, 7) is 1.64. The molecule has 0 radical (unpaired) electrons. The van der Waals surface area contributed by atoms with E-state index in [4.69, 9.17) is 9.47 Å². The summed E-state index contributed by atoms with van der Waals surface area (Å²) < 4.78 is 64.5. The van der Waals surface area contributed by atoms with Gasteiger partial charge >= 0.3 is 12.1 Å². The molecule has 0 saturated carbocycles. The predicted octanol–water partition coefficient (Wildman–Crippen LogP) is 4.93. The third-order valence-corrected chi connectivity index (χ3v) is 5.01. The van der Waals surface area contributed by atoms with Gasteiger partial charge in [-0.15, -0.1) is 0 Å². The number of carbonyl (C=O) groups is 1. The summed E-state index contributed by atoms with van der Waals surface area (Å²) >= 11 is 0. The Kier molecular flexibility index (Phi) is 6.54. The molecule has 1 aliphatic heterocycles. The van der Waals surface area contributed by atoms with Crippen LogP contribution in [0.1, 0.15) is 29.5 Å². The van der Waals surface area contributed by atoms with Gasteiger partial charge in [-0.05, 0) is 35.4 Å². The van der Waals surface area contributed by atoms with Crippen molar-refractivity contribution in [3.8, 4) is 0 Å². The number of hydrogen-bond donors (Lipinski definition) is 1. The lowest BCUT2D eigenvalue weighted by atomic mass is 9.87. The van der Waals surface area contributed by atoms with Crippen LogP contribution in [0.5, 0.6) is 0 Å². The number of carboxylic acids is 1. The van der Waals surface area contributed by atoms with Crippen LogP contribution in [0, 0.1) is 5.82 Å². The maximum absolute atomic E-state index is 13.7. The van der Waals surface area contributed by atoms with Crippen LogP contribution < -0.4 is 4.90 Å². The number of aliphatic carboxylic acids is 1. The summed E-state index contributed by atoms with van der Waals surface area (Å²) in [7, 11) is 1.44. The van der Waals surface area contributed by atoms with Gasteiger partial charge in [-0.25, -0.2) is 9.18 Å². The molecule has 31 heavy (non-hydrogen) atoms. The standard InChI is InChI=1S/C22H21F4NO4/c1-13-17-7-6-15(22(24,25)26)11-18(17)27(12-14-4-3-5-16(23)10-14)20(19(13)21(28)29)31-9-8-30-2/h3-7,10-11,13H,8-9,12H2,1-2H3,(H,28,29). The number of methoxy groups -OCH3 is 1. The van der Waals surface area contributed by atoms with Gasteiger partial charge in [0.2, 0.25) is 5.88 Å². The Hall–Kier alpha value is -3.07. The van der Waals surface area contributed by atoms with Crippen LogP contribution >= 0.6 is 0 Å². The lowest BCUT2D eigenvalue weighted by Crippen LogP contribution is -2.34. The normalized spacial score (nSPS) is 16.3. The first kappa shape index (κ1) is 22.6. The smallest absolute Gasteiger partial charge is 0.416 e. The highest BCUT2D eigenvalue weighted by Gasteiger charge is 2.38. The van der Waals surface area contributed by atoms with Gasteiger partial charge in [0.25, 0.3) is 0 Å². The monoisotopic (exact) mass is 439 g/mol. The average Bonchev–Trinajstić information content (AvgIpc) is 2.69. The number of hydrogen-bond acceptors (Lipinski definition) is 4. The molecule has 0 aliphatic carbocycles. The predicted molar refractivity (Wildman–Crippen MR) is 105 cm³/mol. The van der Waals surface area contributed by atoms with Gasteiger partial charge in [-0.2, -0.15) is 13.2 Å². The lowest BCUT2D eigenvalue weighted by Gasteiger charge is -2.37. The molecule has 1 N–H and O–H groups in total. The second-order valence-electron chi connectivity index (χ2n) is 7.07. The molecule has 0 bridgehead atoms. The second kappa shape index (κ2) is 8.97. The molecule has 0 fully saturated rings. The summed E-state index contributed by atoms with van der Waals surface area (Å²) in [5.74, 6) is -2.59. The molecule has 0 saturated heterocycles. The highest BCUT2D eigenvalue weighted by Crippen LogP contribution is 2.44. The molecule has 0 amide bonds. The van der Waals surface area contributed by atoms with Crippen LogP contribution in [-0.4, -0.2) is 31.4 Å². The summed E-state index contributed by atoms with van der Waals surface area (Å²) in [6.07, 6.45) is -4.59. The summed E-state index contributed by atoms with van der Waals surface area (Å²) in [6, 6.07) is 8.70. The molecule has 0 spiro atoms. The van der Waals surface area contributed by atoms with Crippen molar-refractivity contribution in [1.29, 1.82) is 0 Å². The molecule has 9 heteroatoms. The molecule has 1 aliphatic rings. The van der Waals surface area contributed by atoms with E-state index in [2.05, 4.69) is 0 Å². The Morgan fingerprint density at radius 2 is 1.90 bits per heavy atom. The first-order valence-electron chi connectivity index (χ1n) is 9.45. The minimum Gasteiger partial charge on any atom is -0.478 e. The van der Waals surface area contributed by atoms with Gasteiger partial charge in [0.1, 0.15) is 18.0 Å². The van der Waals surface area contributed by atoms with E-state index in [0.29, 0.717) is 11.1 Å². The van der Waals surface area contributed by atoms with Crippen LogP contribution in [0.3, 0.4) is 0 Å². The molecule has 1 atom stereocenters. The molecule has 5 nitrogen and oxygen atoms in total. The Morgan fingerprint density at radius 3 is 2.52 bits per heavy atom. The van der Waals surface area contributed by atoms with E-state index in [9.17, 15) is 27.5 Å². The van der Waals surface area contributed by atoms with Crippen LogP contribution in [0.25, 0.3) is 0 Å². The molecular weight excluding hydrogens is 418 g/mol. The number of halogens is 4. The van der Waals surface area contributed by atoms with E-state index in [1.54, 1.807) is 13.0 Å². The number of ether oxygens (including phenoxy) is 2. The van der Waals surface area contributed by atoms with Crippen LogP contribution in [0.2, 0.25) is 0 Å². The van der Waals surface area contributed by atoms with E-state index in [1.165, 1.54) is 36.3 Å².